The van der Waals surface area contributed by atoms with Gasteiger partial charge in [-0.15, -0.1) is 0 Å². The van der Waals surface area contributed by atoms with Crippen molar-refractivity contribution >= 4 is 17.5 Å². The fourth-order valence-electron chi connectivity index (χ4n) is 2.83. The highest BCUT2D eigenvalue weighted by Gasteiger charge is 2.16. The van der Waals surface area contributed by atoms with Crippen LogP contribution < -0.4 is 0 Å². The number of ketones is 1. The van der Waals surface area contributed by atoms with Gasteiger partial charge >= 0.3 is 0 Å². The van der Waals surface area contributed by atoms with E-state index in [1.54, 1.807) is 0 Å². The van der Waals surface area contributed by atoms with Crippen LogP contribution in [0.15, 0.2) is 35.4 Å². The third kappa shape index (κ3) is 3.82. The summed E-state index contributed by atoms with van der Waals surface area (Å²) in [6, 6.07) is 9.64. The predicted octanol–water partition coefficient (Wildman–Crippen LogP) is 4.34. The first kappa shape index (κ1) is 16.7. The number of aromatic nitrogens is 1. The maximum absolute atomic E-state index is 12.9. The molecule has 2 aromatic rings. The summed E-state index contributed by atoms with van der Waals surface area (Å²) >= 11 is 1.28. The summed E-state index contributed by atoms with van der Waals surface area (Å²) < 4.78 is 12.9. The van der Waals surface area contributed by atoms with Gasteiger partial charge in [-0.1, -0.05) is 18.2 Å². The molecule has 0 fully saturated rings. The molecule has 0 amide bonds. The standard InChI is InChI=1S/C19H17FN2OS/c20-16-8-6-13(7-9-16)18(23)12-24-19-15(11-21)10-14-4-2-1-3-5-17(14)22-19/h6-10H,1-5,12H2. The molecule has 122 valence electrons. The lowest BCUT2D eigenvalue weighted by molar-refractivity contribution is 0.102. The molecule has 24 heavy (non-hydrogen) atoms. The summed E-state index contributed by atoms with van der Waals surface area (Å²) in [5, 5.41) is 9.99. The highest BCUT2D eigenvalue weighted by Crippen LogP contribution is 2.27. The molecule has 0 saturated heterocycles. The van der Waals surface area contributed by atoms with Gasteiger partial charge in [0, 0.05) is 11.3 Å². The zero-order chi connectivity index (χ0) is 16.9. The van der Waals surface area contributed by atoms with E-state index in [1.807, 2.05) is 6.07 Å². The normalized spacial score (nSPS) is 13.7. The summed E-state index contributed by atoms with van der Waals surface area (Å²) in [7, 11) is 0. The van der Waals surface area contributed by atoms with Crippen molar-refractivity contribution in [2.75, 3.05) is 5.75 Å². The molecule has 3 nitrogen and oxygen atoms in total. The molecule has 0 N–H and O–H groups in total. The number of thioether (sulfide) groups is 1. The van der Waals surface area contributed by atoms with Crippen molar-refractivity contribution in [3.8, 4) is 6.07 Å². The summed E-state index contributed by atoms with van der Waals surface area (Å²) in [4.78, 5) is 16.9. The molecule has 0 spiro atoms. The van der Waals surface area contributed by atoms with Crippen molar-refractivity contribution < 1.29 is 9.18 Å². The number of benzene rings is 1. The van der Waals surface area contributed by atoms with Gasteiger partial charge in [-0.05, 0) is 61.6 Å². The molecule has 1 aromatic heterocycles. The SMILES string of the molecule is N#Cc1cc2c(nc1SCC(=O)c1ccc(F)cc1)CCCCC2. The number of pyridine rings is 1. The van der Waals surface area contributed by atoms with Crippen molar-refractivity contribution in [1.29, 1.82) is 5.26 Å². The van der Waals surface area contributed by atoms with Gasteiger partial charge in [0.25, 0.3) is 0 Å². The van der Waals surface area contributed by atoms with Crippen molar-refractivity contribution in [3.63, 3.8) is 0 Å². The van der Waals surface area contributed by atoms with Gasteiger partial charge < -0.3 is 0 Å². The molecule has 0 saturated carbocycles. The van der Waals surface area contributed by atoms with Crippen LogP contribution in [0.3, 0.4) is 0 Å². The van der Waals surface area contributed by atoms with E-state index in [9.17, 15) is 14.4 Å². The third-order valence-electron chi connectivity index (χ3n) is 4.14. The Kier molecular flexibility index (Phi) is 5.27. The van der Waals surface area contributed by atoms with Gasteiger partial charge in [0.15, 0.2) is 5.78 Å². The van der Waals surface area contributed by atoms with Gasteiger partial charge in [0.1, 0.15) is 16.9 Å². The number of hydrogen-bond acceptors (Lipinski definition) is 4. The first-order chi connectivity index (χ1) is 11.7. The Morgan fingerprint density at radius 2 is 1.96 bits per heavy atom. The van der Waals surface area contributed by atoms with E-state index in [1.165, 1.54) is 48.0 Å². The zero-order valence-electron chi connectivity index (χ0n) is 13.2. The monoisotopic (exact) mass is 340 g/mol. The molecule has 1 aliphatic carbocycles. The number of rotatable bonds is 4. The lowest BCUT2D eigenvalue weighted by Gasteiger charge is -2.09. The predicted molar refractivity (Wildman–Crippen MR) is 91.7 cm³/mol. The number of aryl methyl sites for hydroxylation is 2. The van der Waals surface area contributed by atoms with E-state index in [0.29, 0.717) is 16.2 Å². The van der Waals surface area contributed by atoms with Crippen LogP contribution in [0.2, 0.25) is 0 Å². The summed E-state index contributed by atoms with van der Waals surface area (Å²) in [6.07, 6.45) is 5.33. The molecule has 5 heteroatoms. The van der Waals surface area contributed by atoms with E-state index < -0.39 is 0 Å². The number of hydrogen-bond donors (Lipinski definition) is 0. The second-order valence-electron chi connectivity index (χ2n) is 5.84. The van der Waals surface area contributed by atoms with Gasteiger partial charge in [-0.25, -0.2) is 9.37 Å². The summed E-state index contributed by atoms with van der Waals surface area (Å²) in [6.45, 7) is 0. The highest BCUT2D eigenvalue weighted by molar-refractivity contribution is 8.00. The van der Waals surface area contributed by atoms with Crippen LogP contribution >= 0.6 is 11.8 Å². The number of carbonyl (C=O) groups excluding carboxylic acids is 1. The molecule has 3 rings (SSSR count). The molecule has 1 heterocycles. The second kappa shape index (κ2) is 7.59. The molecule has 0 bridgehead atoms. The van der Waals surface area contributed by atoms with Crippen molar-refractivity contribution in [3.05, 3.63) is 58.5 Å². The number of carbonyl (C=O) groups is 1. The molecular weight excluding hydrogens is 323 g/mol. The average molecular weight is 340 g/mol. The van der Waals surface area contributed by atoms with Crippen LogP contribution in [-0.4, -0.2) is 16.5 Å². The molecule has 0 atom stereocenters. The minimum absolute atomic E-state index is 0.0966. The van der Waals surface area contributed by atoms with Crippen LogP contribution in [0.1, 0.15) is 46.4 Å². The van der Waals surface area contributed by atoms with Gasteiger partial charge in [0.2, 0.25) is 0 Å². The van der Waals surface area contributed by atoms with E-state index in [2.05, 4.69) is 11.1 Å². The average Bonchev–Trinajstić information content (AvgIpc) is 2.84. The molecule has 1 aromatic carbocycles. The Hall–Kier alpha value is -2.19. The Labute approximate surface area is 144 Å². The highest BCUT2D eigenvalue weighted by atomic mass is 32.2. The Morgan fingerprint density at radius 1 is 1.21 bits per heavy atom. The molecule has 0 unspecified atom stereocenters. The van der Waals surface area contributed by atoms with Crippen LogP contribution in [-0.2, 0) is 12.8 Å². The second-order valence-corrected chi connectivity index (χ2v) is 6.80. The number of nitrogens with zero attached hydrogens (tertiary/aromatic N) is 2. The molecule has 0 aliphatic heterocycles. The van der Waals surface area contributed by atoms with E-state index in [4.69, 9.17) is 0 Å². The number of nitriles is 1. The lowest BCUT2D eigenvalue weighted by Crippen LogP contribution is -2.05. The number of Topliss-reactive ketones (excluding diaryl/α,β-unsaturated/α-hetero) is 1. The van der Waals surface area contributed by atoms with Crippen LogP contribution in [0.25, 0.3) is 0 Å². The minimum Gasteiger partial charge on any atom is -0.293 e. The summed E-state index contributed by atoms with van der Waals surface area (Å²) in [5.74, 6) is -0.273. The number of fused-ring (bicyclic) bond motifs is 1. The van der Waals surface area contributed by atoms with E-state index >= 15 is 0 Å². The first-order valence-electron chi connectivity index (χ1n) is 8.02. The van der Waals surface area contributed by atoms with Crippen molar-refractivity contribution in [2.24, 2.45) is 0 Å². The third-order valence-corrected chi connectivity index (χ3v) is 5.13. The minimum atomic E-state index is -0.363. The van der Waals surface area contributed by atoms with Gasteiger partial charge in [0.05, 0.1) is 11.3 Å². The Bertz CT molecular complexity index is 796. The lowest BCUT2D eigenvalue weighted by atomic mass is 10.1. The topological polar surface area (TPSA) is 53.8 Å². The Balaban J connectivity index is 1.77. The fourth-order valence-corrected chi connectivity index (χ4v) is 3.70. The Morgan fingerprint density at radius 3 is 2.71 bits per heavy atom. The number of halogens is 1. The zero-order valence-corrected chi connectivity index (χ0v) is 14.0. The smallest absolute Gasteiger partial charge is 0.173 e. The van der Waals surface area contributed by atoms with E-state index in [-0.39, 0.29) is 17.4 Å². The molecular formula is C19H17FN2OS. The van der Waals surface area contributed by atoms with Crippen LogP contribution in [0.5, 0.6) is 0 Å². The first-order valence-corrected chi connectivity index (χ1v) is 9.00. The van der Waals surface area contributed by atoms with Gasteiger partial charge in [-0.2, -0.15) is 5.26 Å². The maximum Gasteiger partial charge on any atom is 0.173 e. The van der Waals surface area contributed by atoms with Crippen LogP contribution in [0, 0.1) is 17.1 Å². The fraction of sp³-hybridized carbons (Fsp3) is 0.316. The van der Waals surface area contributed by atoms with E-state index in [0.717, 1.165) is 31.4 Å². The van der Waals surface area contributed by atoms with Crippen molar-refractivity contribution in [1.82, 2.24) is 4.98 Å². The van der Waals surface area contributed by atoms with Crippen LogP contribution in [0.4, 0.5) is 4.39 Å². The molecule has 1 aliphatic rings. The summed E-state index contributed by atoms with van der Waals surface area (Å²) in [5.41, 5.74) is 3.23. The van der Waals surface area contributed by atoms with Gasteiger partial charge in [-0.3, -0.25) is 4.79 Å². The van der Waals surface area contributed by atoms with Crippen molar-refractivity contribution in [2.45, 2.75) is 37.1 Å². The quantitative estimate of drug-likeness (QED) is 0.472. The largest absolute Gasteiger partial charge is 0.293 e. The maximum atomic E-state index is 12.9. The molecule has 0 radical (unpaired) electrons.